The van der Waals surface area contributed by atoms with E-state index in [1.165, 1.54) is 28.0 Å². The van der Waals surface area contributed by atoms with Crippen LogP contribution >= 0.6 is 23.1 Å². The van der Waals surface area contributed by atoms with E-state index in [-0.39, 0.29) is 11.7 Å². The lowest BCUT2D eigenvalue weighted by Gasteiger charge is -2.17. The summed E-state index contributed by atoms with van der Waals surface area (Å²) in [6.07, 6.45) is 3.67. The highest BCUT2D eigenvalue weighted by molar-refractivity contribution is 7.99. The zero-order valence-electron chi connectivity index (χ0n) is 21.1. The lowest BCUT2D eigenvalue weighted by atomic mass is 9.96. The number of para-hydroxylation sites is 1. The molecule has 1 aliphatic carbocycles. The van der Waals surface area contributed by atoms with Gasteiger partial charge in [0.05, 0.1) is 18.4 Å². The van der Waals surface area contributed by atoms with Crippen molar-refractivity contribution in [2.75, 3.05) is 18.2 Å². The monoisotopic (exact) mass is 545 g/mol. The maximum atomic E-state index is 12.9. The van der Waals surface area contributed by atoms with Crippen molar-refractivity contribution in [3.05, 3.63) is 76.4 Å². The highest BCUT2D eigenvalue weighted by atomic mass is 32.2. The largest absolute Gasteiger partial charge is 0.497 e. The summed E-state index contributed by atoms with van der Waals surface area (Å²) in [6.45, 7) is 1.91. The van der Waals surface area contributed by atoms with Crippen molar-refractivity contribution in [1.29, 1.82) is 5.26 Å². The number of fused-ring (bicyclic) bond motifs is 1. The maximum Gasteiger partial charge on any atom is 0.235 e. The van der Waals surface area contributed by atoms with Crippen molar-refractivity contribution in [2.45, 2.75) is 43.9 Å². The van der Waals surface area contributed by atoms with Crippen molar-refractivity contribution in [3.63, 3.8) is 0 Å². The van der Waals surface area contributed by atoms with Gasteiger partial charge in [-0.05, 0) is 74.6 Å². The van der Waals surface area contributed by atoms with E-state index in [0.29, 0.717) is 27.3 Å². The van der Waals surface area contributed by atoms with Crippen molar-refractivity contribution in [1.82, 2.24) is 14.8 Å². The van der Waals surface area contributed by atoms with Gasteiger partial charge in [-0.2, -0.15) is 5.26 Å². The smallest absolute Gasteiger partial charge is 0.235 e. The number of rotatable bonds is 9. The summed E-state index contributed by atoms with van der Waals surface area (Å²) in [5.41, 5.74) is 2.59. The molecule has 0 radical (unpaired) electrons. The molecule has 1 atom stereocenters. The minimum atomic E-state index is -0.407. The number of aryl methyl sites for hydroxylation is 1. The molecular weight excluding hydrogens is 518 g/mol. The van der Waals surface area contributed by atoms with Crippen LogP contribution in [0.1, 0.15) is 47.7 Å². The first-order valence-electron chi connectivity index (χ1n) is 12.4. The highest BCUT2D eigenvalue weighted by Crippen LogP contribution is 2.38. The number of ether oxygens (including phenoxy) is 2. The van der Waals surface area contributed by atoms with Gasteiger partial charge in [0.1, 0.15) is 22.6 Å². The fourth-order valence-corrected chi connectivity index (χ4v) is 6.45. The van der Waals surface area contributed by atoms with Gasteiger partial charge in [-0.15, -0.1) is 21.5 Å². The van der Waals surface area contributed by atoms with Crippen LogP contribution in [0.2, 0.25) is 0 Å². The number of thioether (sulfide) groups is 1. The van der Waals surface area contributed by atoms with Crippen LogP contribution in [0, 0.1) is 11.3 Å². The number of methoxy groups -OCH3 is 1. The third-order valence-corrected chi connectivity index (χ3v) is 8.41. The van der Waals surface area contributed by atoms with Gasteiger partial charge >= 0.3 is 0 Å². The summed E-state index contributed by atoms with van der Waals surface area (Å²) in [6, 6.07) is 19.4. The summed E-state index contributed by atoms with van der Waals surface area (Å²) >= 11 is 2.82. The topological polar surface area (TPSA) is 102 Å². The predicted molar refractivity (Wildman–Crippen MR) is 148 cm³/mol. The fourth-order valence-electron chi connectivity index (χ4n) is 4.43. The quantitative estimate of drug-likeness (QED) is 0.259. The number of aromatic nitrogens is 3. The molecule has 0 spiro atoms. The average Bonchev–Trinajstić information content (AvgIpc) is 3.53. The average molecular weight is 546 g/mol. The Labute approximate surface area is 229 Å². The van der Waals surface area contributed by atoms with E-state index in [9.17, 15) is 10.1 Å². The Bertz CT molecular complexity index is 1460. The number of anilines is 1. The molecule has 0 saturated carbocycles. The molecule has 5 rings (SSSR count). The van der Waals surface area contributed by atoms with Gasteiger partial charge in [-0.3, -0.25) is 9.36 Å². The Morgan fingerprint density at radius 2 is 1.87 bits per heavy atom. The standard InChI is InChI=1S/C28H27N5O3S2/c1-18(36-21-14-12-20(35-2)13-15-21)26-31-32-28(33(26)19-8-4-3-5-9-19)37-17-25(34)30-27-23(16-29)22-10-6-7-11-24(22)38-27/h3-5,8-9,12-15,18H,6-7,10-11,17H2,1-2H3,(H,30,34). The highest BCUT2D eigenvalue weighted by Gasteiger charge is 2.24. The van der Waals surface area contributed by atoms with Gasteiger partial charge in [0.15, 0.2) is 17.1 Å². The summed E-state index contributed by atoms with van der Waals surface area (Å²) < 4.78 is 13.3. The molecule has 194 valence electrons. The van der Waals surface area contributed by atoms with Gasteiger partial charge in [0.25, 0.3) is 0 Å². The van der Waals surface area contributed by atoms with E-state index in [0.717, 1.165) is 42.7 Å². The van der Waals surface area contributed by atoms with Crippen LogP contribution in [0.3, 0.4) is 0 Å². The zero-order valence-corrected chi connectivity index (χ0v) is 22.8. The number of hydrogen-bond donors (Lipinski definition) is 1. The molecule has 2 aromatic heterocycles. The summed E-state index contributed by atoms with van der Waals surface area (Å²) in [4.78, 5) is 14.1. The van der Waals surface area contributed by atoms with E-state index < -0.39 is 6.10 Å². The maximum absolute atomic E-state index is 12.9. The van der Waals surface area contributed by atoms with Crippen LogP contribution in [-0.2, 0) is 17.6 Å². The molecule has 0 fully saturated rings. The van der Waals surface area contributed by atoms with E-state index in [1.807, 2.05) is 66.1 Å². The lowest BCUT2D eigenvalue weighted by molar-refractivity contribution is -0.113. The number of nitriles is 1. The number of hydrogen-bond acceptors (Lipinski definition) is 8. The minimum absolute atomic E-state index is 0.131. The molecule has 0 bridgehead atoms. The first kappa shape index (κ1) is 25.8. The molecular formula is C28H27N5O3S2. The van der Waals surface area contributed by atoms with E-state index in [1.54, 1.807) is 7.11 Å². The Morgan fingerprint density at radius 3 is 2.61 bits per heavy atom. The Kier molecular flexibility index (Phi) is 7.96. The number of nitrogens with one attached hydrogen (secondary N) is 1. The van der Waals surface area contributed by atoms with E-state index in [2.05, 4.69) is 21.6 Å². The number of amides is 1. The molecule has 1 N–H and O–H groups in total. The van der Waals surface area contributed by atoms with Crippen molar-refractivity contribution in [2.24, 2.45) is 0 Å². The Balaban J connectivity index is 1.33. The molecule has 0 saturated heterocycles. The van der Waals surface area contributed by atoms with Crippen LogP contribution in [0.4, 0.5) is 5.00 Å². The SMILES string of the molecule is COc1ccc(OC(C)c2nnc(SCC(=O)Nc3sc4c(c3C#N)CCCC4)n2-c2ccccc2)cc1. The molecule has 1 unspecified atom stereocenters. The predicted octanol–water partition coefficient (Wildman–Crippen LogP) is 5.96. The van der Waals surface area contributed by atoms with Crippen molar-refractivity contribution >= 4 is 34.0 Å². The van der Waals surface area contributed by atoms with Crippen LogP contribution in [0.5, 0.6) is 11.5 Å². The number of nitrogens with zero attached hydrogens (tertiary/aromatic N) is 4. The molecule has 1 amide bonds. The third kappa shape index (κ3) is 5.54. The molecule has 8 nitrogen and oxygen atoms in total. The fraction of sp³-hybridized carbons (Fsp3) is 0.286. The van der Waals surface area contributed by atoms with Crippen LogP contribution in [0.15, 0.2) is 59.8 Å². The second kappa shape index (κ2) is 11.7. The normalized spacial score (nSPS) is 13.3. The number of carbonyl (C=O) groups is 1. The minimum Gasteiger partial charge on any atom is -0.497 e. The second-order valence-corrected chi connectivity index (χ2v) is 10.9. The van der Waals surface area contributed by atoms with Gasteiger partial charge in [-0.1, -0.05) is 30.0 Å². The first-order chi connectivity index (χ1) is 18.6. The number of carbonyl (C=O) groups excluding carboxylic acids is 1. The molecule has 38 heavy (non-hydrogen) atoms. The zero-order chi connectivity index (χ0) is 26.5. The van der Waals surface area contributed by atoms with E-state index >= 15 is 0 Å². The molecule has 2 aromatic carbocycles. The third-order valence-electron chi connectivity index (χ3n) is 6.28. The summed E-state index contributed by atoms with van der Waals surface area (Å²) in [5.74, 6) is 2.00. The molecule has 1 aliphatic rings. The van der Waals surface area contributed by atoms with Crippen LogP contribution in [0.25, 0.3) is 5.69 Å². The summed E-state index contributed by atoms with van der Waals surface area (Å²) in [7, 11) is 1.62. The summed E-state index contributed by atoms with van der Waals surface area (Å²) in [5, 5.41) is 22.7. The lowest BCUT2D eigenvalue weighted by Crippen LogP contribution is -2.15. The first-order valence-corrected chi connectivity index (χ1v) is 14.2. The number of benzene rings is 2. The Morgan fingerprint density at radius 1 is 1.13 bits per heavy atom. The van der Waals surface area contributed by atoms with Crippen molar-refractivity contribution < 1.29 is 14.3 Å². The number of thiophene rings is 1. The van der Waals surface area contributed by atoms with Gasteiger partial charge < -0.3 is 14.8 Å². The molecule has 2 heterocycles. The van der Waals surface area contributed by atoms with Crippen molar-refractivity contribution in [3.8, 4) is 23.3 Å². The van der Waals surface area contributed by atoms with Gasteiger partial charge in [-0.25, -0.2) is 0 Å². The van der Waals surface area contributed by atoms with Crippen LogP contribution < -0.4 is 14.8 Å². The Hall–Kier alpha value is -3.81. The molecule has 4 aromatic rings. The van der Waals surface area contributed by atoms with E-state index in [4.69, 9.17) is 9.47 Å². The molecule has 10 heteroatoms. The van der Waals surface area contributed by atoms with Crippen LogP contribution in [-0.4, -0.2) is 33.5 Å². The van der Waals surface area contributed by atoms with Gasteiger partial charge in [0, 0.05) is 10.6 Å². The second-order valence-electron chi connectivity index (χ2n) is 8.81. The van der Waals surface area contributed by atoms with Gasteiger partial charge in [0.2, 0.25) is 5.91 Å². The molecule has 0 aliphatic heterocycles.